The van der Waals surface area contributed by atoms with Crippen LogP contribution < -0.4 is 10.6 Å². The molecule has 3 N–H and O–H groups in total. The fourth-order valence-electron chi connectivity index (χ4n) is 3.70. The molecule has 6 nitrogen and oxygen atoms in total. The molecule has 1 aromatic heterocycles. The van der Waals surface area contributed by atoms with Crippen LogP contribution in [0.1, 0.15) is 22.2 Å². The quantitative estimate of drug-likeness (QED) is 0.422. The molecule has 1 fully saturated rings. The zero-order chi connectivity index (χ0) is 24.0. The van der Waals surface area contributed by atoms with Gasteiger partial charge in [-0.05, 0) is 48.5 Å². The second-order valence-corrected chi connectivity index (χ2v) is 8.21. The van der Waals surface area contributed by atoms with E-state index in [2.05, 4.69) is 5.32 Å². The highest BCUT2D eigenvalue weighted by Crippen LogP contribution is 2.45. The number of rotatable bonds is 4. The monoisotopic (exact) mass is 498 g/mol. The molecule has 0 bridgehead atoms. The number of aliphatic hydroxyl groups is 1. The lowest BCUT2D eigenvalue weighted by molar-refractivity contribution is -0.288. The van der Waals surface area contributed by atoms with E-state index in [1.807, 2.05) is 0 Å². The summed E-state index contributed by atoms with van der Waals surface area (Å²) in [5, 5.41) is 14.9. The van der Waals surface area contributed by atoms with Crippen molar-refractivity contribution in [3.63, 3.8) is 0 Å². The maximum absolute atomic E-state index is 14.0. The Morgan fingerprint density at radius 3 is 2.33 bits per heavy atom. The molecule has 2 heterocycles. The molecule has 0 unspecified atom stereocenters. The molecule has 1 aliphatic heterocycles. The Bertz CT molecular complexity index is 1210. The van der Waals surface area contributed by atoms with Gasteiger partial charge >= 0.3 is 12.2 Å². The average Bonchev–Trinajstić information content (AvgIpc) is 3.23. The number of carbonyl (C=O) groups is 2. The highest BCUT2D eigenvalue weighted by Gasteiger charge is 2.66. The van der Waals surface area contributed by atoms with Gasteiger partial charge in [-0.1, -0.05) is 35.3 Å². The molecular weight excluding hydrogens is 484 g/mol. The van der Waals surface area contributed by atoms with Gasteiger partial charge in [-0.2, -0.15) is 13.2 Å². The number of ketones is 1. The van der Waals surface area contributed by atoms with Crippen molar-refractivity contribution in [2.75, 3.05) is 0 Å². The molecule has 11 heteroatoms. The van der Waals surface area contributed by atoms with Crippen LogP contribution >= 0.6 is 23.2 Å². The van der Waals surface area contributed by atoms with Crippen LogP contribution in [-0.4, -0.2) is 28.8 Å². The summed E-state index contributed by atoms with van der Waals surface area (Å²) in [5.41, 5.74) is -3.56. The zero-order valence-electron chi connectivity index (χ0n) is 16.5. The lowest BCUT2D eigenvalue weighted by atomic mass is 9.79. The van der Waals surface area contributed by atoms with Gasteiger partial charge in [0.1, 0.15) is 23.5 Å². The fraction of sp³-hybridized carbons (Fsp3) is 0.182. The van der Waals surface area contributed by atoms with Gasteiger partial charge < -0.3 is 20.2 Å². The third kappa shape index (κ3) is 4.19. The summed E-state index contributed by atoms with van der Waals surface area (Å²) in [7, 11) is 0. The molecule has 1 saturated heterocycles. The highest BCUT2D eigenvalue weighted by molar-refractivity contribution is 6.33. The van der Waals surface area contributed by atoms with Crippen LogP contribution in [0.4, 0.5) is 18.0 Å². The van der Waals surface area contributed by atoms with Gasteiger partial charge in [0.2, 0.25) is 5.72 Å². The topological polar surface area (TPSA) is 91.6 Å². The van der Waals surface area contributed by atoms with Crippen LogP contribution in [0.3, 0.4) is 0 Å². The summed E-state index contributed by atoms with van der Waals surface area (Å²) in [6.07, 6.45) is -5.38. The molecule has 3 aromatic rings. The third-order valence-electron chi connectivity index (χ3n) is 5.29. The van der Waals surface area contributed by atoms with Crippen LogP contribution in [0.2, 0.25) is 10.0 Å². The second kappa shape index (κ2) is 8.40. The first-order chi connectivity index (χ1) is 15.5. The highest BCUT2D eigenvalue weighted by atomic mass is 35.5. The first kappa shape index (κ1) is 23.2. The van der Waals surface area contributed by atoms with Gasteiger partial charge in [0.25, 0.3) is 0 Å². The minimum absolute atomic E-state index is 0.145. The van der Waals surface area contributed by atoms with Crippen molar-refractivity contribution in [1.29, 1.82) is 0 Å². The minimum Gasteiger partial charge on any atom is -0.459 e. The molecule has 33 heavy (non-hydrogen) atoms. The molecule has 0 saturated carbocycles. The number of nitrogens with one attached hydrogen (secondary N) is 2. The maximum atomic E-state index is 14.0. The van der Waals surface area contributed by atoms with Gasteiger partial charge in [-0.15, -0.1) is 0 Å². The van der Waals surface area contributed by atoms with Crippen molar-refractivity contribution in [2.45, 2.75) is 17.9 Å². The Balaban J connectivity index is 1.82. The standard InChI is InChI=1S/C22H15Cl2F3N2O4/c23-12-7-5-11(6-8-12)19(30)17-18(28-20(31)29-21(17,32)22(25,26)27)16-10-9-15(33-16)13-3-1-2-4-14(13)24/h1-10,17-18,32H,(H2,28,29,31)/t17-,18+,21-/m1/s1. The number of carbonyl (C=O) groups excluding carboxylic acids is 2. The Hall–Kier alpha value is -3.01. The van der Waals surface area contributed by atoms with Crippen molar-refractivity contribution in [2.24, 2.45) is 5.92 Å². The number of halogens is 5. The molecule has 3 atom stereocenters. The second-order valence-electron chi connectivity index (χ2n) is 7.37. The Morgan fingerprint density at radius 2 is 1.70 bits per heavy atom. The number of Topliss-reactive ketones (excluding diaryl/α,β-unsaturated/α-hetero) is 1. The number of furan rings is 1. The molecule has 4 rings (SSSR count). The van der Waals surface area contributed by atoms with Crippen molar-refractivity contribution >= 4 is 35.0 Å². The van der Waals surface area contributed by atoms with Gasteiger partial charge in [0.15, 0.2) is 5.78 Å². The van der Waals surface area contributed by atoms with Gasteiger partial charge in [0, 0.05) is 16.1 Å². The molecule has 0 spiro atoms. The van der Waals surface area contributed by atoms with Gasteiger partial charge in [-0.3, -0.25) is 4.79 Å². The number of alkyl halides is 3. The smallest absolute Gasteiger partial charge is 0.437 e. The van der Waals surface area contributed by atoms with Crippen molar-refractivity contribution in [1.82, 2.24) is 10.6 Å². The van der Waals surface area contributed by atoms with E-state index in [9.17, 15) is 27.9 Å². The fourth-order valence-corrected chi connectivity index (χ4v) is 4.05. The summed E-state index contributed by atoms with van der Waals surface area (Å²) in [4.78, 5) is 25.4. The molecule has 0 aliphatic carbocycles. The lowest BCUT2D eigenvalue weighted by Gasteiger charge is -2.44. The average molecular weight is 499 g/mol. The number of hydrogen-bond donors (Lipinski definition) is 3. The van der Waals surface area contributed by atoms with E-state index in [1.54, 1.807) is 24.3 Å². The van der Waals surface area contributed by atoms with Crippen LogP contribution in [-0.2, 0) is 0 Å². The van der Waals surface area contributed by atoms with E-state index in [0.29, 0.717) is 10.6 Å². The Kier molecular flexibility index (Phi) is 5.90. The molecule has 0 radical (unpaired) electrons. The van der Waals surface area contributed by atoms with Crippen LogP contribution in [0.25, 0.3) is 11.3 Å². The number of benzene rings is 2. The van der Waals surface area contributed by atoms with Gasteiger partial charge in [0.05, 0.1) is 5.02 Å². The lowest BCUT2D eigenvalue weighted by Crippen LogP contribution is -2.72. The first-order valence-corrected chi connectivity index (χ1v) is 10.3. The number of amides is 2. The van der Waals surface area contributed by atoms with E-state index in [4.69, 9.17) is 27.6 Å². The molecular formula is C22H15Cl2F3N2O4. The first-order valence-electron chi connectivity index (χ1n) is 9.53. The summed E-state index contributed by atoms with van der Waals surface area (Å²) in [6.45, 7) is 0. The van der Waals surface area contributed by atoms with E-state index in [1.165, 1.54) is 41.7 Å². The Labute approximate surface area is 195 Å². The van der Waals surface area contributed by atoms with Crippen LogP contribution in [0, 0.1) is 5.92 Å². The van der Waals surface area contributed by atoms with Crippen LogP contribution in [0.5, 0.6) is 0 Å². The normalized spacial score (nSPS) is 23.0. The van der Waals surface area contributed by atoms with Crippen molar-refractivity contribution in [3.05, 3.63) is 82.0 Å². The summed E-state index contributed by atoms with van der Waals surface area (Å²) in [6, 6.07) is 11.5. The number of urea groups is 1. The predicted octanol–water partition coefficient (Wildman–Crippen LogP) is 5.36. The number of hydrogen-bond acceptors (Lipinski definition) is 4. The zero-order valence-corrected chi connectivity index (χ0v) is 18.0. The minimum atomic E-state index is -5.38. The van der Waals surface area contributed by atoms with Crippen molar-refractivity contribution < 1.29 is 32.3 Å². The maximum Gasteiger partial charge on any atom is 0.437 e. The van der Waals surface area contributed by atoms with E-state index < -0.39 is 35.7 Å². The Morgan fingerprint density at radius 1 is 1.03 bits per heavy atom. The molecule has 2 aromatic carbocycles. The summed E-state index contributed by atoms with van der Waals surface area (Å²) < 4.78 is 47.7. The third-order valence-corrected chi connectivity index (χ3v) is 5.87. The van der Waals surface area contributed by atoms with E-state index in [-0.39, 0.29) is 22.1 Å². The molecule has 2 amide bonds. The summed E-state index contributed by atoms with van der Waals surface area (Å²) >= 11 is 12.0. The predicted molar refractivity (Wildman–Crippen MR) is 114 cm³/mol. The van der Waals surface area contributed by atoms with Gasteiger partial charge in [-0.25, -0.2) is 4.79 Å². The van der Waals surface area contributed by atoms with E-state index >= 15 is 0 Å². The molecule has 172 valence electrons. The molecule has 1 aliphatic rings. The van der Waals surface area contributed by atoms with Crippen molar-refractivity contribution in [3.8, 4) is 11.3 Å². The summed E-state index contributed by atoms with van der Waals surface area (Å²) in [5.74, 6) is -3.27. The largest absolute Gasteiger partial charge is 0.459 e. The SMILES string of the molecule is O=C1N[C@@H](c2ccc(-c3ccccc3Cl)o2)[C@H](C(=O)c2ccc(Cl)cc2)[C@@](O)(C(F)(F)F)N1. The van der Waals surface area contributed by atoms with Crippen LogP contribution in [0.15, 0.2) is 65.1 Å². The van der Waals surface area contributed by atoms with E-state index in [0.717, 1.165) is 0 Å².